The van der Waals surface area contributed by atoms with E-state index in [9.17, 15) is 9.59 Å². The van der Waals surface area contributed by atoms with Crippen LogP contribution in [-0.4, -0.2) is 83.7 Å². The van der Waals surface area contributed by atoms with Crippen molar-refractivity contribution in [3.8, 4) is 0 Å². The van der Waals surface area contributed by atoms with Crippen LogP contribution in [0.3, 0.4) is 0 Å². The van der Waals surface area contributed by atoms with Gasteiger partial charge in [-0.15, -0.1) is 0 Å². The molecule has 1 fully saturated rings. The molecule has 25 heavy (non-hydrogen) atoms. The summed E-state index contributed by atoms with van der Waals surface area (Å²) in [4.78, 5) is 31.1. The Hall–Kier alpha value is -1.67. The van der Waals surface area contributed by atoms with Crippen LogP contribution in [0.2, 0.25) is 0 Å². The molecule has 1 aliphatic rings. The summed E-state index contributed by atoms with van der Waals surface area (Å²) in [5.41, 5.74) is 1.46. The van der Waals surface area contributed by atoms with Crippen molar-refractivity contribution in [1.29, 1.82) is 0 Å². The average Bonchev–Trinajstić information content (AvgIpc) is 2.82. The van der Waals surface area contributed by atoms with Gasteiger partial charge in [-0.05, 0) is 38.7 Å². The zero-order valence-electron chi connectivity index (χ0n) is 15.7. The maximum absolute atomic E-state index is 12.9. The first-order valence-electron chi connectivity index (χ1n) is 8.95. The van der Waals surface area contributed by atoms with Gasteiger partial charge in [-0.25, -0.2) is 0 Å². The van der Waals surface area contributed by atoms with Gasteiger partial charge in [0.1, 0.15) is 5.00 Å². The molecule has 0 saturated carbocycles. The van der Waals surface area contributed by atoms with E-state index in [-0.39, 0.29) is 11.8 Å². The van der Waals surface area contributed by atoms with E-state index in [1.54, 1.807) is 0 Å². The molecule has 0 bridgehead atoms. The van der Waals surface area contributed by atoms with Crippen LogP contribution < -0.4 is 5.32 Å². The molecular weight excluding hydrogens is 338 g/mol. The van der Waals surface area contributed by atoms with Crippen molar-refractivity contribution in [1.82, 2.24) is 19.1 Å². The Morgan fingerprint density at radius 1 is 1.20 bits per heavy atom. The number of hydrogen-bond acceptors (Lipinski definition) is 6. The van der Waals surface area contributed by atoms with Crippen molar-refractivity contribution in [2.24, 2.45) is 0 Å². The minimum Gasteiger partial charge on any atom is -0.378 e. The van der Waals surface area contributed by atoms with Gasteiger partial charge in [-0.3, -0.25) is 14.5 Å². The fourth-order valence-electron chi connectivity index (χ4n) is 3.15. The van der Waals surface area contributed by atoms with Crippen LogP contribution in [0.4, 0.5) is 5.00 Å². The average molecular weight is 368 g/mol. The third-order valence-electron chi connectivity index (χ3n) is 4.65. The summed E-state index contributed by atoms with van der Waals surface area (Å²) in [7, 11) is 1.81. The first-order chi connectivity index (χ1) is 12.0. The number of carbonyl (C=O) groups is 2. The largest absolute Gasteiger partial charge is 0.378 e. The zero-order chi connectivity index (χ0) is 18.4. The summed E-state index contributed by atoms with van der Waals surface area (Å²) >= 11 is 1.32. The van der Waals surface area contributed by atoms with Gasteiger partial charge in [0.15, 0.2) is 0 Å². The molecule has 8 heteroatoms. The highest BCUT2D eigenvalue weighted by Crippen LogP contribution is 2.25. The lowest BCUT2D eigenvalue weighted by Crippen LogP contribution is -2.42. The van der Waals surface area contributed by atoms with Crippen molar-refractivity contribution in [2.75, 3.05) is 58.2 Å². The van der Waals surface area contributed by atoms with Crippen molar-refractivity contribution in [3.63, 3.8) is 0 Å². The normalized spacial score (nSPS) is 15.8. The summed E-state index contributed by atoms with van der Waals surface area (Å²) in [5.74, 6) is 0.202. The predicted molar refractivity (Wildman–Crippen MR) is 101 cm³/mol. The number of nitrogens with zero attached hydrogens (tertiary/aromatic N) is 4. The smallest absolute Gasteiger partial charge is 0.258 e. The van der Waals surface area contributed by atoms with E-state index in [4.69, 9.17) is 0 Å². The second kappa shape index (κ2) is 9.15. The van der Waals surface area contributed by atoms with Crippen LogP contribution in [0.15, 0.2) is 0 Å². The highest BCUT2D eigenvalue weighted by molar-refractivity contribution is 7.10. The Bertz CT molecular complexity index is 600. The van der Waals surface area contributed by atoms with Crippen LogP contribution in [0.25, 0.3) is 0 Å². The summed E-state index contributed by atoms with van der Waals surface area (Å²) in [6.07, 6.45) is 0.878. The lowest BCUT2D eigenvalue weighted by molar-refractivity contribution is -0.132. The van der Waals surface area contributed by atoms with Crippen molar-refractivity contribution in [2.45, 2.75) is 27.2 Å². The third-order valence-corrected chi connectivity index (χ3v) is 5.61. The van der Waals surface area contributed by atoms with Crippen LogP contribution >= 0.6 is 11.5 Å². The molecule has 1 aliphatic heterocycles. The van der Waals surface area contributed by atoms with Crippen molar-refractivity contribution in [3.05, 3.63) is 11.3 Å². The minimum absolute atomic E-state index is 0.0347. The Morgan fingerprint density at radius 3 is 2.56 bits per heavy atom. The van der Waals surface area contributed by atoms with E-state index >= 15 is 0 Å². The van der Waals surface area contributed by atoms with E-state index in [1.807, 2.05) is 37.6 Å². The quantitative estimate of drug-likeness (QED) is 0.825. The molecular formula is C17H29N5O2S. The number of rotatable bonds is 6. The van der Waals surface area contributed by atoms with Gasteiger partial charge in [0, 0.05) is 46.3 Å². The molecule has 1 saturated heterocycles. The van der Waals surface area contributed by atoms with Gasteiger partial charge in [0.05, 0.1) is 17.8 Å². The van der Waals surface area contributed by atoms with E-state index in [0.717, 1.165) is 43.3 Å². The summed E-state index contributed by atoms with van der Waals surface area (Å²) in [6.45, 7) is 10.7. The number of likely N-dealkylation sites (N-methyl/N-ethyl adjacent to an activating group) is 1. The van der Waals surface area contributed by atoms with Gasteiger partial charge >= 0.3 is 0 Å². The predicted octanol–water partition coefficient (Wildman–Crippen LogP) is 1.51. The molecule has 0 aromatic carbocycles. The van der Waals surface area contributed by atoms with Crippen LogP contribution in [0.1, 0.15) is 36.3 Å². The Balaban J connectivity index is 1.98. The number of anilines is 1. The molecule has 0 aliphatic carbocycles. The van der Waals surface area contributed by atoms with E-state index in [1.165, 1.54) is 11.5 Å². The summed E-state index contributed by atoms with van der Waals surface area (Å²) < 4.78 is 4.29. The topological polar surface area (TPSA) is 68.8 Å². The van der Waals surface area contributed by atoms with Gasteiger partial charge in [-0.2, -0.15) is 4.37 Å². The summed E-state index contributed by atoms with van der Waals surface area (Å²) in [6, 6.07) is 0. The van der Waals surface area contributed by atoms with Gasteiger partial charge in [0.25, 0.3) is 5.91 Å². The van der Waals surface area contributed by atoms with Crippen LogP contribution in [0, 0.1) is 6.92 Å². The molecule has 2 rings (SSSR count). The molecule has 7 nitrogen and oxygen atoms in total. The lowest BCUT2D eigenvalue weighted by atomic mass is 10.2. The molecule has 0 radical (unpaired) electrons. The van der Waals surface area contributed by atoms with Crippen molar-refractivity contribution < 1.29 is 9.59 Å². The summed E-state index contributed by atoms with van der Waals surface area (Å²) in [5, 5.41) is 3.88. The van der Waals surface area contributed by atoms with E-state index in [0.29, 0.717) is 25.2 Å². The molecule has 1 aromatic rings. The maximum atomic E-state index is 12.9. The molecule has 0 atom stereocenters. The monoisotopic (exact) mass is 367 g/mol. The van der Waals surface area contributed by atoms with Gasteiger partial charge in [0.2, 0.25) is 5.91 Å². The van der Waals surface area contributed by atoms with Gasteiger partial charge < -0.3 is 15.1 Å². The second-order valence-electron chi connectivity index (χ2n) is 6.21. The first kappa shape index (κ1) is 19.7. The first-order valence-corrected chi connectivity index (χ1v) is 9.72. The fraction of sp³-hybridized carbons (Fsp3) is 0.706. The Labute approximate surface area is 154 Å². The number of carbonyl (C=O) groups excluding carboxylic acids is 2. The highest BCUT2D eigenvalue weighted by Gasteiger charge is 2.26. The number of aryl methyl sites for hydroxylation is 1. The second-order valence-corrected chi connectivity index (χ2v) is 6.98. The number of amides is 2. The molecule has 2 amide bonds. The maximum Gasteiger partial charge on any atom is 0.258 e. The Kier molecular flexibility index (Phi) is 7.19. The standard InChI is InChI=1S/C17H29N5O2S/c1-5-21(6-2)14(23)12-20-8-7-9-22(11-10-20)17(24)15-13(3)19-25-16(15)18-4/h18H,5-12H2,1-4H3. The van der Waals surface area contributed by atoms with Crippen molar-refractivity contribution >= 4 is 28.3 Å². The lowest BCUT2D eigenvalue weighted by Gasteiger charge is -2.25. The molecule has 1 N–H and O–H groups in total. The van der Waals surface area contributed by atoms with E-state index < -0.39 is 0 Å². The fourth-order valence-corrected chi connectivity index (χ4v) is 3.89. The third kappa shape index (κ3) is 4.70. The molecule has 0 unspecified atom stereocenters. The molecule has 0 spiro atoms. The SMILES string of the molecule is CCN(CC)C(=O)CN1CCCN(C(=O)c2c(C)nsc2NC)CC1. The Morgan fingerprint density at radius 2 is 1.92 bits per heavy atom. The number of hydrogen-bond donors (Lipinski definition) is 1. The highest BCUT2D eigenvalue weighted by atomic mass is 32.1. The number of nitrogens with one attached hydrogen (secondary N) is 1. The van der Waals surface area contributed by atoms with Crippen LogP contribution in [-0.2, 0) is 4.79 Å². The molecule has 140 valence electrons. The molecule has 2 heterocycles. The minimum atomic E-state index is 0.0347. The number of aromatic nitrogens is 1. The molecule has 1 aromatic heterocycles. The van der Waals surface area contributed by atoms with Gasteiger partial charge in [-0.1, -0.05) is 0 Å². The zero-order valence-corrected chi connectivity index (χ0v) is 16.5. The van der Waals surface area contributed by atoms with E-state index in [2.05, 4.69) is 14.6 Å². The van der Waals surface area contributed by atoms with Crippen LogP contribution in [0.5, 0.6) is 0 Å².